The standard InChI is InChI=1S/C20H27N7O5/c1-13-12-31-8-7-25(13)17-15-5-6-24(19(28)32-20(2,3)4)11-16(15)22-18(23-17)26-10-14(9-21-26)27(29)30/h9-10,13H,5-8,11-12H2,1-4H3/t13-/m0/s1. The first kappa shape index (κ1) is 21.9. The molecule has 1 atom stereocenters. The topological polar surface area (TPSA) is 129 Å². The number of fused-ring (bicyclic) bond motifs is 1. The average Bonchev–Trinajstić information content (AvgIpc) is 3.22. The average molecular weight is 445 g/mol. The van der Waals surface area contributed by atoms with Gasteiger partial charge in [0.15, 0.2) is 0 Å². The van der Waals surface area contributed by atoms with Gasteiger partial charge in [0.25, 0.3) is 5.95 Å². The minimum atomic E-state index is -0.601. The van der Waals surface area contributed by atoms with Gasteiger partial charge in [-0.15, -0.1) is 0 Å². The Balaban J connectivity index is 1.73. The van der Waals surface area contributed by atoms with Crippen LogP contribution in [0.15, 0.2) is 12.4 Å². The summed E-state index contributed by atoms with van der Waals surface area (Å²) in [4.78, 5) is 36.4. The smallest absolute Gasteiger partial charge is 0.410 e. The maximum absolute atomic E-state index is 12.6. The van der Waals surface area contributed by atoms with Crippen LogP contribution in [0.1, 0.15) is 39.0 Å². The Hall–Kier alpha value is -3.28. The molecule has 172 valence electrons. The summed E-state index contributed by atoms with van der Waals surface area (Å²) in [5.74, 6) is 0.972. The molecule has 2 aliphatic rings. The molecule has 1 saturated heterocycles. The van der Waals surface area contributed by atoms with Crippen molar-refractivity contribution < 1.29 is 19.2 Å². The quantitative estimate of drug-likeness (QED) is 0.515. The second-order valence-electron chi connectivity index (χ2n) is 8.94. The summed E-state index contributed by atoms with van der Waals surface area (Å²) < 4.78 is 12.4. The van der Waals surface area contributed by atoms with E-state index in [4.69, 9.17) is 14.5 Å². The van der Waals surface area contributed by atoms with Crippen LogP contribution in [0.4, 0.5) is 16.3 Å². The number of ether oxygens (including phenoxy) is 2. The fourth-order valence-electron chi connectivity index (χ4n) is 3.78. The number of nitrogens with zero attached hydrogens (tertiary/aromatic N) is 7. The number of morpholine rings is 1. The van der Waals surface area contributed by atoms with Gasteiger partial charge in [0.05, 0.1) is 36.4 Å². The SMILES string of the molecule is C[C@H]1COCCN1c1nc(-n2cc([N+](=O)[O-])cn2)nc2c1CCN(C(=O)OC(C)(C)C)C2. The molecule has 0 aliphatic carbocycles. The first-order chi connectivity index (χ1) is 15.1. The van der Waals surface area contributed by atoms with E-state index >= 15 is 0 Å². The number of carbonyl (C=O) groups is 1. The molecule has 2 aliphatic heterocycles. The van der Waals surface area contributed by atoms with Crippen molar-refractivity contribution in [3.05, 3.63) is 33.8 Å². The van der Waals surface area contributed by atoms with Crippen molar-refractivity contribution in [2.45, 2.75) is 52.3 Å². The molecular weight excluding hydrogens is 418 g/mol. The molecule has 1 fully saturated rings. The van der Waals surface area contributed by atoms with Gasteiger partial charge in [0.2, 0.25) is 0 Å². The van der Waals surface area contributed by atoms with E-state index in [1.54, 1.807) is 4.90 Å². The zero-order valence-corrected chi connectivity index (χ0v) is 18.6. The second-order valence-corrected chi connectivity index (χ2v) is 8.94. The van der Waals surface area contributed by atoms with E-state index in [9.17, 15) is 14.9 Å². The number of anilines is 1. The summed E-state index contributed by atoms with van der Waals surface area (Å²) in [6.45, 7) is 10.1. The highest BCUT2D eigenvalue weighted by Crippen LogP contribution is 2.30. The van der Waals surface area contributed by atoms with Crippen molar-refractivity contribution in [3.63, 3.8) is 0 Å². The molecule has 32 heavy (non-hydrogen) atoms. The monoisotopic (exact) mass is 445 g/mol. The first-order valence-electron chi connectivity index (χ1n) is 10.5. The molecule has 0 bridgehead atoms. The third-order valence-corrected chi connectivity index (χ3v) is 5.31. The van der Waals surface area contributed by atoms with E-state index in [0.29, 0.717) is 38.4 Å². The summed E-state index contributed by atoms with van der Waals surface area (Å²) in [5, 5.41) is 15.2. The summed E-state index contributed by atoms with van der Waals surface area (Å²) >= 11 is 0. The molecule has 12 heteroatoms. The second kappa shape index (κ2) is 8.34. The Morgan fingerprint density at radius 3 is 2.75 bits per heavy atom. The normalized spacial score (nSPS) is 18.9. The molecule has 4 heterocycles. The minimum absolute atomic E-state index is 0.103. The molecule has 12 nitrogen and oxygen atoms in total. The zero-order chi connectivity index (χ0) is 23.0. The van der Waals surface area contributed by atoms with Crippen LogP contribution in [-0.2, 0) is 22.4 Å². The summed E-state index contributed by atoms with van der Waals surface area (Å²) in [5.41, 5.74) is 0.891. The Kier molecular flexibility index (Phi) is 5.71. The predicted molar refractivity (Wildman–Crippen MR) is 114 cm³/mol. The lowest BCUT2D eigenvalue weighted by molar-refractivity contribution is -0.384. The number of hydrogen-bond acceptors (Lipinski definition) is 9. The van der Waals surface area contributed by atoms with Gasteiger partial charge in [-0.3, -0.25) is 10.1 Å². The third-order valence-electron chi connectivity index (χ3n) is 5.31. The molecule has 0 saturated carbocycles. The highest BCUT2D eigenvalue weighted by atomic mass is 16.6. The van der Waals surface area contributed by atoms with Gasteiger partial charge < -0.3 is 19.3 Å². The number of rotatable bonds is 3. The molecule has 2 aromatic heterocycles. The Morgan fingerprint density at radius 1 is 1.31 bits per heavy atom. The molecule has 0 aromatic carbocycles. The molecule has 1 amide bonds. The number of hydrogen-bond donors (Lipinski definition) is 0. The van der Waals surface area contributed by atoms with Crippen molar-refractivity contribution >= 4 is 17.6 Å². The van der Waals surface area contributed by atoms with E-state index in [2.05, 4.69) is 21.9 Å². The zero-order valence-electron chi connectivity index (χ0n) is 18.6. The largest absolute Gasteiger partial charge is 0.444 e. The maximum atomic E-state index is 12.6. The van der Waals surface area contributed by atoms with Gasteiger partial charge >= 0.3 is 11.8 Å². The van der Waals surface area contributed by atoms with Gasteiger partial charge in [-0.25, -0.2) is 9.78 Å². The molecule has 0 unspecified atom stereocenters. The fraction of sp³-hybridized carbons (Fsp3) is 0.600. The summed E-state index contributed by atoms with van der Waals surface area (Å²) in [7, 11) is 0. The van der Waals surface area contributed by atoms with E-state index in [0.717, 1.165) is 17.6 Å². The molecule has 0 spiro atoms. The van der Waals surface area contributed by atoms with Gasteiger partial charge in [-0.1, -0.05) is 0 Å². The van der Waals surface area contributed by atoms with Crippen molar-refractivity contribution in [1.82, 2.24) is 24.6 Å². The third kappa shape index (κ3) is 4.49. The van der Waals surface area contributed by atoms with Gasteiger partial charge in [0, 0.05) is 18.7 Å². The van der Waals surface area contributed by atoms with E-state index < -0.39 is 16.6 Å². The highest BCUT2D eigenvalue weighted by Gasteiger charge is 2.32. The van der Waals surface area contributed by atoms with Crippen molar-refractivity contribution in [3.8, 4) is 5.95 Å². The molecule has 0 N–H and O–H groups in total. The maximum Gasteiger partial charge on any atom is 0.410 e. The van der Waals surface area contributed by atoms with Crippen molar-refractivity contribution in [2.24, 2.45) is 0 Å². The number of carbonyl (C=O) groups excluding carboxylic acids is 1. The predicted octanol–water partition coefficient (Wildman–Crippen LogP) is 2.09. The van der Waals surface area contributed by atoms with Crippen LogP contribution < -0.4 is 4.90 Å². The highest BCUT2D eigenvalue weighted by molar-refractivity contribution is 5.69. The summed E-state index contributed by atoms with van der Waals surface area (Å²) in [6.07, 6.45) is 2.61. The van der Waals surface area contributed by atoms with Crippen LogP contribution in [0.3, 0.4) is 0 Å². The fourth-order valence-corrected chi connectivity index (χ4v) is 3.78. The molecule has 4 rings (SSSR count). The van der Waals surface area contributed by atoms with E-state index in [-0.39, 0.29) is 24.2 Å². The van der Waals surface area contributed by atoms with Gasteiger partial charge in [-0.05, 0) is 34.1 Å². The molecule has 0 radical (unpaired) electrons. The van der Waals surface area contributed by atoms with Gasteiger partial charge in [0.1, 0.15) is 23.8 Å². The number of amides is 1. The Bertz CT molecular complexity index is 1030. The number of aromatic nitrogens is 4. The van der Waals surface area contributed by atoms with Crippen molar-refractivity contribution in [1.29, 1.82) is 0 Å². The Morgan fingerprint density at radius 2 is 2.09 bits per heavy atom. The van der Waals surface area contributed by atoms with Crippen LogP contribution in [0.5, 0.6) is 0 Å². The van der Waals surface area contributed by atoms with Crippen molar-refractivity contribution in [2.75, 3.05) is 31.2 Å². The van der Waals surface area contributed by atoms with E-state index in [1.165, 1.54) is 10.9 Å². The van der Waals surface area contributed by atoms with Crippen LogP contribution in [0, 0.1) is 10.1 Å². The van der Waals surface area contributed by atoms with Crippen LogP contribution in [0.2, 0.25) is 0 Å². The Labute approximate surface area is 185 Å². The van der Waals surface area contributed by atoms with Crippen LogP contribution in [-0.4, -0.2) is 73.6 Å². The first-order valence-corrected chi connectivity index (χ1v) is 10.5. The lowest BCUT2D eigenvalue weighted by Crippen LogP contribution is -2.46. The lowest BCUT2D eigenvalue weighted by Gasteiger charge is -2.37. The van der Waals surface area contributed by atoms with Gasteiger partial charge in [-0.2, -0.15) is 14.8 Å². The van der Waals surface area contributed by atoms with Crippen LogP contribution >= 0.6 is 0 Å². The molecular formula is C20H27N7O5. The van der Waals surface area contributed by atoms with E-state index in [1.807, 2.05) is 20.8 Å². The lowest BCUT2D eigenvalue weighted by atomic mass is 10.0. The summed E-state index contributed by atoms with van der Waals surface area (Å²) in [6, 6.07) is 0.103. The number of nitro groups is 1. The molecule has 2 aromatic rings. The minimum Gasteiger partial charge on any atom is -0.444 e. The van der Waals surface area contributed by atoms with Crippen LogP contribution in [0.25, 0.3) is 5.95 Å².